The molecule has 0 saturated carbocycles. The van der Waals surface area contributed by atoms with E-state index < -0.39 is 5.97 Å². The third-order valence-electron chi connectivity index (χ3n) is 3.24. The van der Waals surface area contributed by atoms with E-state index in [-0.39, 0.29) is 11.5 Å². The lowest BCUT2D eigenvalue weighted by Gasteiger charge is -2.14. The van der Waals surface area contributed by atoms with Gasteiger partial charge in [-0.25, -0.2) is 4.79 Å². The summed E-state index contributed by atoms with van der Waals surface area (Å²) >= 11 is 0. The summed E-state index contributed by atoms with van der Waals surface area (Å²) in [6, 6.07) is 1.43. The standard InChI is InChI=1S/C13H18N2O4/c16-12(15-6-1-2-7-15)3-5-14-9-11-10(13(17)18)4-8-19-11/h4,8,14H,1-3,5-7,9H2,(H,17,18). The molecule has 1 aliphatic heterocycles. The minimum absolute atomic E-state index is 0.155. The second-order valence-corrected chi connectivity index (χ2v) is 4.58. The molecule has 1 aromatic heterocycles. The fourth-order valence-electron chi connectivity index (χ4n) is 2.19. The number of likely N-dealkylation sites (tertiary alicyclic amines) is 1. The highest BCUT2D eigenvalue weighted by molar-refractivity contribution is 5.88. The van der Waals surface area contributed by atoms with E-state index in [1.54, 1.807) is 0 Å². The van der Waals surface area contributed by atoms with Gasteiger partial charge in [0.2, 0.25) is 5.91 Å². The number of furan rings is 1. The Kier molecular flexibility index (Phi) is 4.57. The van der Waals surface area contributed by atoms with E-state index in [0.29, 0.717) is 25.3 Å². The van der Waals surface area contributed by atoms with Crippen molar-refractivity contribution in [2.24, 2.45) is 0 Å². The van der Waals surface area contributed by atoms with Crippen molar-refractivity contribution >= 4 is 11.9 Å². The second-order valence-electron chi connectivity index (χ2n) is 4.58. The summed E-state index contributed by atoms with van der Waals surface area (Å²) in [5, 5.41) is 11.9. The van der Waals surface area contributed by atoms with Gasteiger partial charge in [0, 0.05) is 26.1 Å². The first-order valence-corrected chi connectivity index (χ1v) is 6.46. The number of amides is 1. The quantitative estimate of drug-likeness (QED) is 0.753. The third kappa shape index (κ3) is 3.57. The lowest BCUT2D eigenvalue weighted by Crippen LogP contribution is -2.30. The van der Waals surface area contributed by atoms with Crippen molar-refractivity contribution in [3.63, 3.8) is 0 Å². The summed E-state index contributed by atoms with van der Waals surface area (Å²) in [6.07, 6.45) is 3.97. The molecule has 1 aromatic rings. The Morgan fingerprint density at radius 3 is 2.79 bits per heavy atom. The molecule has 0 atom stereocenters. The molecule has 104 valence electrons. The maximum absolute atomic E-state index is 11.8. The summed E-state index contributed by atoms with van der Waals surface area (Å²) in [6.45, 7) is 2.57. The smallest absolute Gasteiger partial charge is 0.339 e. The number of rotatable bonds is 6. The van der Waals surface area contributed by atoms with Gasteiger partial charge in [0.1, 0.15) is 11.3 Å². The Morgan fingerprint density at radius 1 is 1.37 bits per heavy atom. The number of nitrogens with zero attached hydrogens (tertiary/aromatic N) is 1. The summed E-state index contributed by atoms with van der Waals surface area (Å²) in [4.78, 5) is 24.5. The highest BCUT2D eigenvalue weighted by Gasteiger charge is 2.17. The average molecular weight is 266 g/mol. The van der Waals surface area contributed by atoms with E-state index in [9.17, 15) is 9.59 Å². The lowest BCUT2D eigenvalue weighted by atomic mass is 10.2. The van der Waals surface area contributed by atoms with Crippen LogP contribution in [0.15, 0.2) is 16.7 Å². The third-order valence-corrected chi connectivity index (χ3v) is 3.24. The van der Waals surface area contributed by atoms with E-state index in [0.717, 1.165) is 25.9 Å². The molecule has 2 rings (SSSR count). The highest BCUT2D eigenvalue weighted by atomic mass is 16.4. The van der Waals surface area contributed by atoms with E-state index in [1.807, 2.05) is 4.90 Å². The minimum Gasteiger partial charge on any atom is -0.478 e. The van der Waals surface area contributed by atoms with E-state index in [2.05, 4.69) is 5.32 Å². The van der Waals surface area contributed by atoms with Crippen LogP contribution >= 0.6 is 0 Å². The molecule has 0 aromatic carbocycles. The van der Waals surface area contributed by atoms with Crippen LogP contribution in [0.4, 0.5) is 0 Å². The Balaban J connectivity index is 1.70. The van der Waals surface area contributed by atoms with Crippen molar-refractivity contribution in [1.82, 2.24) is 10.2 Å². The monoisotopic (exact) mass is 266 g/mol. The van der Waals surface area contributed by atoms with Crippen LogP contribution in [0, 0.1) is 0 Å². The summed E-state index contributed by atoms with van der Waals surface area (Å²) in [5.41, 5.74) is 0.165. The van der Waals surface area contributed by atoms with Gasteiger partial charge >= 0.3 is 5.97 Å². The maximum atomic E-state index is 11.8. The van der Waals surface area contributed by atoms with Crippen LogP contribution in [0.3, 0.4) is 0 Å². The molecule has 1 fully saturated rings. The first kappa shape index (κ1) is 13.6. The van der Waals surface area contributed by atoms with Gasteiger partial charge in [-0.2, -0.15) is 0 Å². The van der Waals surface area contributed by atoms with E-state index >= 15 is 0 Å². The van der Waals surface area contributed by atoms with Crippen LogP contribution in [0.25, 0.3) is 0 Å². The van der Waals surface area contributed by atoms with Gasteiger partial charge in [-0.05, 0) is 18.9 Å². The molecule has 6 heteroatoms. The number of nitrogens with one attached hydrogen (secondary N) is 1. The highest BCUT2D eigenvalue weighted by Crippen LogP contribution is 2.10. The maximum Gasteiger partial charge on any atom is 0.339 e. The van der Waals surface area contributed by atoms with Gasteiger partial charge in [-0.1, -0.05) is 0 Å². The molecule has 0 spiro atoms. The molecule has 2 heterocycles. The lowest BCUT2D eigenvalue weighted by molar-refractivity contribution is -0.130. The molecule has 0 radical (unpaired) electrons. The van der Waals surface area contributed by atoms with Crippen LogP contribution in [-0.2, 0) is 11.3 Å². The zero-order valence-corrected chi connectivity index (χ0v) is 10.7. The number of aromatic carboxylic acids is 1. The van der Waals surface area contributed by atoms with Crippen LogP contribution in [0.5, 0.6) is 0 Å². The summed E-state index contributed by atoms with van der Waals surface area (Å²) in [5.74, 6) is -0.456. The molecule has 0 aliphatic carbocycles. The number of hydrogen-bond acceptors (Lipinski definition) is 4. The predicted octanol–water partition coefficient (Wildman–Crippen LogP) is 1.08. The molecule has 0 bridgehead atoms. The molecule has 1 aliphatic rings. The van der Waals surface area contributed by atoms with Gasteiger partial charge in [0.05, 0.1) is 12.8 Å². The van der Waals surface area contributed by atoms with Crippen molar-refractivity contribution in [3.8, 4) is 0 Å². The number of carbonyl (C=O) groups excluding carboxylic acids is 1. The van der Waals surface area contributed by atoms with Crippen molar-refractivity contribution in [2.45, 2.75) is 25.8 Å². The Hall–Kier alpha value is -1.82. The van der Waals surface area contributed by atoms with Gasteiger partial charge in [0.15, 0.2) is 0 Å². The van der Waals surface area contributed by atoms with Crippen molar-refractivity contribution in [1.29, 1.82) is 0 Å². The molecule has 19 heavy (non-hydrogen) atoms. The average Bonchev–Trinajstić information content (AvgIpc) is 3.04. The number of hydrogen-bond donors (Lipinski definition) is 2. The van der Waals surface area contributed by atoms with Crippen molar-refractivity contribution in [3.05, 3.63) is 23.7 Å². The van der Waals surface area contributed by atoms with Gasteiger partial charge in [-0.3, -0.25) is 4.79 Å². The number of carboxylic acids is 1. The zero-order valence-electron chi connectivity index (χ0n) is 10.7. The molecular formula is C13H18N2O4. The van der Waals surface area contributed by atoms with Crippen LogP contribution in [0.1, 0.15) is 35.4 Å². The summed E-state index contributed by atoms with van der Waals surface area (Å²) in [7, 11) is 0. The zero-order chi connectivity index (χ0) is 13.7. The van der Waals surface area contributed by atoms with Crippen molar-refractivity contribution < 1.29 is 19.1 Å². The fraction of sp³-hybridized carbons (Fsp3) is 0.538. The van der Waals surface area contributed by atoms with Crippen LogP contribution in [0.2, 0.25) is 0 Å². The van der Waals surface area contributed by atoms with Gasteiger partial charge in [0.25, 0.3) is 0 Å². The summed E-state index contributed by atoms with van der Waals surface area (Å²) < 4.78 is 5.09. The number of carboxylic acid groups (broad SMARTS) is 1. The van der Waals surface area contributed by atoms with E-state index in [1.165, 1.54) is 12.3 Å². The topological polar surface area (TPSA) is 82.8 Å². The first-order valence-electron chi connectivity index (χ1n) is 6.46. The van der Waals surface area contributed by atoms with Crippen LogP contribution < -0.4 is 5.32 Å². The molecule has 1 saturated heterocycles. The molecule has 2 N–H and O–H groups in total. The SMILES string of the molecule is O=C(O)c1ccoc1CNCCC(=O)N1CCCC1. The molecular weight excluding hydrogens is 248 g/mol. The first-order chi connectivity index (χ1) is 9.18. The Bertz CT molecular complexity index is 449. The second kappa shape index (κ2) is 6.38. The van der Waals surface area contributed by atoms with Crippen molar-refractivity contribution in [2.75, 3.05) is 19.6 Å². The normalized spacial score (nSPS) is 14.8. The predicted molar refractivity (Wildman–Crippen MR) is 67.8 cm³/mol. The minimum atomic E-state index is -1.00. The van der Waals surface area contributed by atoms with Gasteiger partial charge in [-0.15, -0.1) is 0 Å². The van der Waals surface area contributed by atoms with E-state index in [4.69, 9.17) is 9.52 Å². The molecule has 0 unspecified atom stereocenters. The largest absolute Gasteiger partial charge is 0.478 e. The van der Waals surface area contributed by atoms with Crippen LogP contribution in [-0.4, -0.2) is 41.5 Å². The fourth-order valence-corrected chi connectivity index (χ4v) is 2.19. The Labute approximate surface area is 111 Å². The molecule has 1 amide bonds. The molecule has 6 nitrogen and oxygen atoms in total. The van der Waals surface area contributed by atoms with Gasteiger partial charge < -0.3 is 19.7 Å². The Morgan fingerprint density at radius 2 is 2.11 bits per heavy atom. The number of carbonyl (C=O) groups is 2.